The minimum absolute atomic E-state index is 0.0397. The van der Waals surface area contributed by atoms with Gasteiger partial charge in [-0.3, -0.25) is 4.79 Å². The number of carbonyl (C=O) groups excluding carboxylic acids is 1. The van der Waals surface area contributed by atoms with Crippen LogP contribution in [0.5, 0.6) is 5.75 Å². The molecule has 1 saturated heterocycles. The van der Waals surface area contributed by atoms with Crippen LogP contribution in [0.15, 0.2) is 36.0 Å². The van der Waals surface area contributed by atoms with Gasteiger partial charge in [-0.1, -0.05) is 18.2 Å². The number of nitrogens with one attached hydrogen (secondary N) is 2. The topological polar surface area (TPSA) is 83.4 Å². The molecule has 6 heteroatoms. The summed E-state index contributed by atoms with van der Waals surface area (Å²) in [5, 5.41) is 14.8. The summed E-state index contributed by atoms with van der Waals surface area (Å²) in [6.07, 6.45) is 3.44. The summed E-state index contributed by atoms with van der Waals surface area (Å²) < 4.78 is 10.7. The molecule has 0 radical (unpaired) electrons. The van der Waals surface area contributed by atoms with E-state index in [2.05, 4.69) is 10.6 Å². The van der Waals surface area contributed by atoms with Crippen LogP contribution in [0.4, 0.5) is 0 Å². The molecule has 1 atom stereocenters. The van der Waals surface area contributed by atoms with Gasteiger partial charge in [0.1, 0.15) is 17.4 Å². The molecule has 2 N–H and O–H groups in total. The van der Waals surface area contributed by atoms with E-state index < -0.39 is 5.91 Å². The smallest absolute Gasteiger partial charge is 0.263 e. The van der Waals surface area contributed by atoms with E-state index in [-0.39, 0.29) is 11.7 Å². The van der Waals surface area contributed by atoms with Crippen LogP contribution in [0.25, 0.3) is 0 Å². The van der Waals surface area contributed by atoms with Crippen molar-refractivity contribution in [1.29, 1.82) is 5.26 Å². The Morgan fingerprint density at radius 3 is 3.04 bits per heavy atom. The standard InChI is InChI=1S/C17H21N3O3/c1-22-16-7-3-2-5-13(16)10-19-11-14(9-18)17(21)20-12-15-6-4-8-23-15/h2-3,5,7,11,15,19H,4,6,8,10,12H2,1H3,(H,20,21)/b14-11-. The van der Waals surface area contributed by atoms with Crippen molar-refractivity contribution in [3.63, 3.8) is 0 Å². The summed E-state index contributed by atoms with van der Waals surface area (Å²) in [6, 6.07) is 9.48. The summed E-state index contributed by atoms with van der Waals surface area (Å²) in [7, 11) is 1.61. The number of nitriles is 1. The van der Waals surface area contributed by atoms with Crippen molar-refractivity contribution in [2.75, 3.05) is 20.3 Å². The van der Waals surface area contributed by atoms with Crippen molar-refractivity contribution in [2.45, 2.75) is 25.5 Å². The normalized spacial score (nSPS) is 17.4. The Morgan fingerprint density at radius 1 is 1.52 bits per heavy atom. The molecule has 1 unspecified atom stereocenters. The van der Waals surface area contributed by atoms with Crippen LogP contribution >= 0.6 is 0 Å². The molecule has 0 bridgehead atoms. The lowest BCUT2D eigenvalue weighted by molar-refractivity contribution is -0.117. The predicted molar refractivity (Wildman–Crippen MR) is 85.5 cm³/mol. The molecular formula is C17H21N3O3. The Labute approximate surface area is 136 Å². The number of amides is 1. The molecule has 2 rings (SSSR count). The fraction of sp³-hybridized carbons (Fsp3) is 0.412. The fourth-order valence-electron chi connectivity index (χ4n) is 2.37. The molecule has 1 aromatic rings. The van der Waals surface area contributed by atoms with Crippen molar-refractivity contribution in [3.8, 4) is 11.8 Å². The number of benzene rings is 1. The van der Waals surface area contributed by atoms with Crippen LogP contribution in [0.1, 0.15) is 18.4 Å². The zero-order chi connectivity index (χ0) is 16.5. The van der Waals surface area contributed by atoms with Crippen LogP contribution < -0.4 is 15.4 Å². The van der Waals surface area contributed by atoms with Gasteiger partial charge < -0.3 is 20.1 Å². The van der Waals surface area contributed by atoms with E-state index >= 15 is 0 Å². The van der Waals surface area contributed by atoms with Crippen LogP contribution in [-0.2, 0) is 16.1 Å². The molecule has 1 aliphatic rings. The summed E-state index contributed by atoms with van der Waals surface area (Å²) in [4.78, 5) is 12.0. The van der Waals surface area contributed by atoms with Gasteiger partial charge in [-0.15, -0.1) is 0 Å². The molecule has 1 heterocycles. The molecule has 122 valence electrons. The maximum absolute atomic E-state index is 12.0. The number of nitrogens with zero attached hydrogens (tertiary/aromatic N) is 1. The summed E-state index contributed by atoms with van der Waals surface area (Å²) in [5.74, 6) is 0.366. The molecule has 0 saturated carbocycles. The first-order chi connectivity index (χ1) is 11.2. The molecule has 1 amide bonds. The second-order valence-electron chi connectivity index (χ2n) is 5.21. The highest BCUT2D eigenvalue weighted by Crippen LogP contribution is 2.16. The quantitative estimate of drug-likeness (QED) is 0.588. The Morgan fingerprint density at radius 2 is 2.35 bits per heavy atom. The first-order valence-corrected chi connectivity index (χ1v) is 7.60. The third-order valence-electron chi connectivity index (χ3n) is 3.61. The van der Waals surface area contributed by atoms with Crippen molar-refractivity contribution in [1.82, 2.24) is 10.6 Å². The van der Waals surface area contributed by atoms with Crippen molar-refractivity contribution >= 4 is 5.91 Å². The maximum Gasteiger partial charge on any atom is 0.263 e. The number of hydrogen-bond donors (Lipinski definition) is 2. The van der Waals surface area contributed by atoms with Crippen LogP contribution in [0.2, 0.25) is 0 Å². The zero-order valence-electron chi connectivity index (χ0n) is 13.2. The van der Waals surface area contributed by atoms with E-state index in [9.17, 15) is 4.79 Å². The molecule has 0 aliphatic carbocycles. The average Bonchev–Trinajstić information content (AvgIpc) is 3.10. The van der Waals surface area contributed by atoms with E-state index in [4.69, 9.17) is 14.7 Å². The largest absolute Gasteiger partial charge is 0.496 e. The second-order valence-corrected chi connectivity index (χ2v) is 5.21. The third-order valence-corrected chi connectivity index (χ3v) is 3.61. The van der Waals surface area contributed by atoms with Gasteiger partial charge in [0.15, 0.2) is 0 Å². The van der Waals surface area contributed by atoms with Gasteiger partial charge in [-0.2, -0.15) is 5.26 Å². The van der Waals surface area contributed by atoms with Gasteiger partial charge >= 0.3 is 0 Å². The lowest BCUT2D eigenvalue weighted by atomic mass is 10.2. The monoisotopic (exact) mass is 315 g/mol. The van der Waals surface area contributed by atoms with Gasteiger partial charge in [0.05, 0.1) is 13.2 Å². The number of para-hydroxylation sites is 1. The second kappa shape index (κ2) is 8.81. The number of hydrogen-bond acceptors (Lipinski definition) is 5. The average molecular weight is 315 g/mol. The molecule has 0 spiro atoms. The zero-order valence-corrected chi connectivity index (χ0v) is 13.2. The Bertz CT molecular complexity index is 601. The number of ether oxygens (including phenoxy) is 2. The first-order valence-electron chi connectivity index (χ1n) is 7.60. The number of rotatable bonds is 7. The molecular weight excluding hydrogens is 294 g/mol. The lowest BCUT2D eigenvalue weighted by Crippen LogP contribution is -2.33. The Hall–Kier alpha value is -2.52. The van der Waals surface area contributed by atoms with Crippen LogP contribution in [0.3, 0.4) is 0 Å². The molecule has 6 nitrogen and oxygen atoms in total. The van der Waals surface area contributed by atoms with E-state index in [0.29, 0.717) is 13.1 Å². The van der Waals surface area contributed by atoms with Gasteiger partial charge in [0.2, 0.25) is 0 Å². The fourth-order valence-corrected chi connectivity index (χ4v) is 2.37. The molecule has 1 aliphatic heterocycles. The molecule has 23 heavy (non-hydrogen) atoms. The first kappa shape index (κ1) is 16.8. The van der Waals surface area contributed by atoms with E-state index in [1.54, 1.807) is 7.11 Å². The minimum Gasteiger partial charge on any atom is -0.496 e. The molecule has 1 fully saturated rings. The SMILES string of the molecule is COc1ccccc1CN/C=C(/C#N)C(=O)NCC1CCCO1. The maximum atomic E-state index is 12.0. The van der Waals surface area contributed by atoms with Crippen LogP contribution in [-0.4, -0.2) is 32.3 Å². The molecule has 1 aromatic carbocycles. The van der Waals surface area contributed by atoms with Crippen molar-refractivity contribution in [2.24, 2.45) is 0 Å². The third kappa shape index (κ3) is 5.01. The van der Waals surface area contributed by atoms with E-state index in [1.165, 1.54) is 6.20 Å². The van der Waals surface area contributed by atoms with Gasteiger partial charge in [-0.25, -0.2) is 0 Å². The number of carbonyl (C=O) groups is 1. The van der Waals surface area contributed by atoms with Crippen LogP contribution in [0, 0.1) is 11.3 Å². The number of methoxy groups -OCH3 is 1. The summed E-state index contributed by atoms with van der Waals surface area (Å²) >= 11 is 0. The lowest BCUT2D eigenvalue weighted by Gasteiger charge is -2.11. The predicted octanol–water partition coefficient (Wildman–Crippen LogP) is 1.49. The van der Waals surface area contributed by atoms with E-state index in [0.717, 1.165) is 30.8 Å². The van der Waals surface area contributed by atoms with Crippen molar-refractivity contribution in [3.05, 3.63) is 41.6 Å². The minimum atomic E-state index is -0.393. The van der Waals surface area contributed by atoms with Gasteiger partial charge in [-0.05, 0) is 18.9 Å². The Kier molecular flexibility index (Phi) is 6.45. The summed E-state index contributed by atoms with van der Waals surface area (Å²) in [6.45, 7) is 1.64. The highest BCUT2D eigenvalue weighted by Gasteiger charge is 2.17. The van der Waals surface area contributed by atoms with Gasteiger partial charge in [0, 0.05) is 31.5 Å². The van der Waals surface area contributed by atoms with Gasteiger partial charge in [0.25, 0.3) is 5.91 Å². The molecule has 0 aromatic heterocycles. The highest BCUT2D eigenvalue weighted by atomic mass is 16.5. The highest BCUT2D eigenvalue weighted by molar-refractivity contribution is 5.97. The van der Waals surface area contributed by atoms with E-state index in [1.807, 2.05) is 30.3 Å². The Balaban J connectivity index is 1.85. The van der Waals surface area contributed by atoms with Crippen molar-refractivity contribution < 1.29 is 14.3 Å². The summed E-state index contributed by atoms with van der Waals surface area (Å²) in [5.41, 5.74) is 0.987.